The minimum absolute atomic E-state index is 0. The highest BCUT2D eigenvalue weighted by Gasteiger charge is 2.35. The molecule has 0 aromatic heterocycles. The molecule has 1 aromatic rings. The van der Waals surface area contributed by atoms with Crippen molar-refractivity contribution in [2.45, 2.75) is 38.5 Å². The molecule has 1 rings (SSSR count). The van der Waals surface area contributed by atoms with Crippen LogP contribution in [0.25, 0.3) is 0 Å². The fraction of sp³-hybridized carbons (Fsp3) is 0.533. The number of carbonyl (C=O) groups excluding carboxylic acids is 1. The average molecular weight is 302 g/mol. The van der Waals surface area contributed by atoms with Gasteiger partial charge in [-0.05, 0) is 24.8 Å². The molecule has 0 saturated carbocycles. The highest BCUT2D eigenvalue weighted by atomic mass is 35.5. The van der Waals surface area contributed by atoms with Gasteiger partial charge in [0.2, 0.25) is 0 Å². The number of nitrogens with two attached hydrogens (primary N) is 1. The monoisotopic (exact) mass is 301 g/mol. The summed E-state index contributed by atoms with van der Waals surface area (Å²) >= 11 is 0. The lowest BCUT2D eigenvalue weighted by atomic mass is 9.91. The second-order valence-corrected chi connectivity index (χ2v) is 5.23. The molecule has 0 fully saturated rings. The summed E-state index contributed by atoms with van der Waals surface area (Å²) in [6.07, 6.45) is 1.34. The summed E-state index contributed by atoms with van der Waals surface area (Å²) < 4.78 is 5.33. The van der Waals surface area contributed by atoms with Crippen molar-refractivity contribution >= 4 is 18.7 Å². The standard InChI is InChI=1S/C15H23NO3.ClH/c1-11(2)7-8-14(18)15(16,19-3)13-6-4-5-12(9-13)10-17;/h4-6,9-11,14,18H,7-8,16H2,1-3H3;1H/t14-,15-;/m0./s1. The van der Waals surface area contributed by atoms with Gasteiger partial charge < -0.3 is 9.84 Å². The highest BCUT2D eigenvalue weighted by molar-refractivity contribution is 5.85. The molecule has 0 unspecified atom stereocenters. The quantitative estimate of drug-likeness (QED) is 0.599. The molecule has 0 saturated heterocycles. The topological polar surface area (TPSA) is 72.5 Å². The minimum atomic E-state index is -1.28. The Labute approximate surface area is 126 Å². The fourth-order valence-electron chi connectivity index (χ4n) is 2.01. The zero-order valence-corrected chi connectivity index (χ0v) is 13.0. The van der Waals surface area contributed by atoms with Crippen LogP contribution in [0.3, 0.4) is 0 Å². The Morgan fingerprint density at radius 1 is 1.40 bits per heavy atom. The summed E-state index contributed by atoms with van der Waals surface area (Å²) in [5.41, 5.74) is 6.02. The Hall–Kier alpha value is -0.940. The predicted octanol–water partition coefficient (Wildman–Crippen LogP) is 2.48. The number of carbonyl (C=O) groups is 1. The first kappa shape index (κ1) is 19.1. The molecule has 1 aromatic carbocycles. The van der Waals surface area contributed by atoms with Gasteiger partial charge >= 0.3 is 0 Å². The fourth-order valence-corrected chi connectivity index (χ4v) is 2.01. The Morgan fingerprint density at radius 2 is 2.05 bits per heavy atom. The van der Waals surface area contributed by atoms with E-state index in [9.17, 15) is 9.90 Å². The van der Waals surface area contributed by atoms with Crippen molar-refractivity contribution in [1.82, 2.24) is 0 Å². The van der Waals surface area contributed by atoms with Gasteiger partial charge in [0.1, 0.15) is 12.4 Å². The summed E-state index contributed by atoms with van der Waals surface area (Å²) in [5, 5.41) is 10.3. The third kappa shape index (κ3) is 4.56. The van der Waals surface area contributed by atoms with Crippen molar-refractivity contribution in [3.63, 3.8) is 0 Å². The number of methoxy groups -OCH3 is 1. The summed E-state index contributed by atoms with van der Waals surface area (Å²) in [7, 11) is 1.46. The smallest absolute Gasteiger partial charge is 0.168 e. The van der Waals surface area contributed by atoms with E-state index in [4.69, 9.17) is 10.5 Å². The number of hydrogen-bond acceptors (Lipinski definition) is 4. The first-order valence-electron chi connectivity index (χ1n) is 6.51. The molecule has 0 aliphatic heterocycles. The number of aldehydes is 1. The molecule has 0 amide bonds. The van der Waals surface area contributed by atoms with Crippen molar-refractivity contribution in [2.75, 3.05) is 7.11 Å². The molecule has 0 radical (unpaired) electrons. The van der Waals surface area contributed by atoms with E-state index in [0.29, 0.717) is 23.5 Å². The maximum atomic E-state index is 10.8. The number of ether oxygens (including phenoxy) is 1. The van der Waals surface area contributed by atoms with Gasteiger partial charge in [-0.15, -0.1) is 12.4 Å². The molecule has 0 spiro atoms. The van der Waals surface area contributed by atoms with Crippen molar-refractivity contribution in [3.8, 4) is 0 Å². The molecule has 3 N–H and O–H groups in total. The number of aliphatic hydroxyl groups excluding tert-OH is 1. The van der Waals surface area contributed by atoms with Gasteiger partial charge in [0.25, 0.3) is 0 Å². The lowest BCUT2D eigenvalue weighted by molar-refractivity contribution is -0.109. The third-order valence-corrected chi connectivity index (χ3v) is 3.32. The number of halogens is 1. The highest BCUT2D eigenvalue weighted by Crippen LogP contribution is 2.27. The molecule has 0 bridgehead atoms. The average Bonchev–Trinajstić information content (AvgIpc) is 2.43. The van der Waals surface area contributed by atoms with Gasteiger partial charge in [0.05, 0.1) is 0 Å². The van der Waals surface area contributed by atoms with Gasteiger partial charge in [-0.2, -0.15) is 0 Å². The van der Waals surface area contributed by atoms with Crippen LogP contribution in [-0.2, 0) is 10.5 Å². The number of hydrogen-bond donors (Lipinski definition) is 2. The lowest BCUT2D eigenvalue weighted by Gasteiger charge is -2.34. The van der Waals surface area contributed by atoms with E-state index in [0.717, 1.165) is 12.7 Å². The Kier molecular flexibility index (Phi) is 7.98. The molecule has 0 aliphatic rings. The van der Waals surface area contributed by atoms with E-state index in [1.807, 2.05) is 0 Å². The Balaban J connectivity index is 0.00000361. The molecule has 5 heteroatoms. The zero-order chi connectivity index (χ0) is 14.5. The second kappa shape index (κ2) is 8.37. The molecule has 4 nitrogen and oxygen atoms in total. The van der Waals surface area contributed by atoms with Crippen LogP contribution in [0.1, 0.15) is 42.6 Å². The summed E-state index contributed by atoms with van der Waals surface area (Å²) in [5.74, 6) is 0.483. The Morgan fingerprint density at radius 3 is 2.55 bits per heavy atom. The van der Waals surface area contributed by atoms with Crippen molar-refractivity contribution < 1.29 is 14.6 Å². The maximum Gasteiger partial charge on any atom is 0.168 e. The van der Waals surface area contributed by atoms with Gasteiger partial charge in [0.15, 0.2) is 5.72 Å². The van der Waals surface area contributed by atoms with E-state index in [1.165, 1.54) is 7.11 Å². The van der Waals surface area contributed by atoms with Crippen LogP contribution in [0.5, 0.6) is 0 Å². The number of rotatable bonds is 7. The summed E-state index contributed by atoms with van der Waals surface area (Å²) in [6, 6.07) is 6.83. The predicted molar refractivity (Wildman–Crippen MR) is 82.0 cm³/mol. The van der Waals surface area contributed by atoms with Crippen LogP contribution in [0.2, 0.25) is 0 Å². The van der Waals surface area contributed by atoms with Gasteiger partial charge in [-0.3, -0.25) is 10.5 Å². The molecule has 0 heterocycles. The van der Waals surface area contributed by atoms with Crippen LogP contribution in [-0.4, -0.2) is 24.6 Å². The number of benzene rings is 1. The van der Waals surface area contributed by atoms with E-state index >= 15 is 0 Å². The SMILES string of the molecule is CO[C@@](N)(c1cccc(C=O)c1)[C@@H](O)CCC(C)C.Cl. The van der Waals surface area contributed by atoms with Crippen molar-refractivity contribution in [3.05, 3.63) is 35.4 Å². The van der Waals surface area contributed by atoms with Crippen LogP contribution in [0.15, 0.2) is 24.3 Å². The summed E-state index contributed by atoms with van der Waals surface area (Å²) in [6.45, 7) is 4.18. The van der Waals surface area contributed by atoms with Gasteiger partial charge in [-0.1, -0.05) is 32.0 Å². The van der Waals surface area contributed by atoms with Crippen LogP contribution < -0.4 is 5.73 Å². The summed E-state index contributed by atoms with van der Waals surface area (Å²) in [4.78, 5) is 10.8. The third-order valence-electron chi connectivity index (χ3n) is 3.32. The van der Waals surface area contributed by atoms with Gasteiger partial charge in [0, 0.05) is 18.2 Å². The molecular weight excluding hydrogens is 278 g/mol. The van der Waals surface area contributed by atoms with E-state index in [-0.39, 0.29) is 12.4 Å². The van der Waals surface area contributed by atoms with E-state index in [2.05, 4.69) is 13.8 Å². The normalized spacial score (nSPS) is 15.3. The Bertz CT molecular complexity index is 425. The largest absolute Gasteiger partial charge is 0.388 e. The van der Waals surface area contributed by atoms with Gasteiger partial charge in [-0.25, -0.2) is 0 Å². The molecule has 114 valence electrons. The van der Waals surface area contributed by atoms with Crippen LogP contribution in [0, 0.1) is 5.92 Å². The van der Waals surface area contributed by atoms with Crippen LogP contribution in [0.4, 0.5) is 0 Å². The number of aliphatic hydroxyl groups is 1. The molecule has 0 aliphatic carbocycles. The minimum Gasteiger partial charge on any atom is -0.388 e. The van der Waals surface area contributed by atoms with Crippen molar-refractivity contribution in [2.24, 2.45) is 11.7 Å². The molecular formula is C15H24ClNO3. The van der Waals surface area contributed by atoms with Crippen LogP contribution >= 0.6 is 12.4 Å². The second-order valence-electron chi connectivity index (χ2n) is 5.23. The molecule has 2 atom stereocenters. The van der Waals surface area contributed by atoms with Crippen molar-refractivity contribution in [1.29, 1.82) is 0 Å². The first-order chi connectivity index (χ1) is 8.93. The first-order valence-corrected chi connectivity index (χ1v) is 6.51. The lowest BCUT2D eigenvalue weighted by Crippen LogP contribution is -2.49. The molecule has 20 heavy (non-hydrogen) atoms. The maximum absolute atomic E-state index is 10.8. The van der Waals surface area contributed by atoms with E-state index < -0.39 is 11.8 Å². The van der Waals surface area contributed by atoms with E-state index in [1.54, 1.807) is 24.3 Å². The zero-order valence-electron chi connectivity index (χ0n) is 12.2.